The number of hydrogen-bond acceptors (Lipinski definition) is 6. The Morgan fingerprint density at radius 3 is 2.95 bits per heavy atom. The molecule has 22 heavy (non-hydrogen) atoms. The summed E-state index contributed by atoms with van der Waals surface area (Å²) in [5.41, 5.74) is 6.73. The Hall–Kier alpha value is -2.52. The van der Waals surface area contributed by atoms with Gasteiger partial charge in [0.05, 0.1) is 24.0 Å². The number of carbonyl (C=O) groups excluding carboxylic acids is 1. The summed E-state index contributed by atoms with van der Waals surface area (Å²) in [7, 11) is 0. The molecule has 0 spiro atoms. The zero-order valence-corrected chi connectivity index (χ0v) is 12.6. The molecule has 2 N–H and O–H groups in total. The van der Waals surface area contributed by atoms with Crippen molar-refractivity contribution < 1.29 is 14.3 Å². The van der Waals surface area contributed by atoms with Crippen LogP contribution in [-0.2, 0) is 14.3 Å². The monoisotopic (exact) mass is 319 g/mol. The van der Waals surface area contributed by atoms with E-state index in [2.05, 4.69) is 4.98 Å². The number of halogens is 1. The van der Waals surface area contributed by atoms with Crippen molar-refractivity contribution in [3.05, 3.63) is 52.9 Å². The number of nitriles is 1. The van der Waals surface area contributed by atoms with E-state index < -0.39 is 11.9 Å². The Morgan fingerprint density at radius 1 is 1.64 bits per heavy atom. The quantitative estimate of drug-likeness (QED) is 0.672. The molecule has 0 saturated heterocycles. The van der Waals surface area contributed by atoms with Crippen molar-refractivity contribution >= 4 is 17.6 Å². The molecule has 0 amide bonds. The van der Waals surface area contributed by atoms with Crippen molar-refractivity contribution in [2.75, 3.05) is 12.5 Å². The van der Waals surface area contributed by atoms with Crippen LogP contribution in [0, 0.1) is 11.3 Å². The van der Waals surface area contributed by atoms with Gasteiger partial charge in [-0.3, -0.25) is 4.98 Å². The molecule has 1 aromatic heterocycles. The molecular weight excluding hydrogens is 306 g/mol. The molecule has 1 unspecified atom stereocenters. The molecule has 1 aliphatic rings. The number of nitrogens with zero attached hydrogens (tertiary/aromatic N) is 2. The van der Waals surface area contributed by atoms with Crippen LogP contribution >= 0.6 is 11.6 Å². The third-order valence-corrected chi connectivity index (χ3v) is 3.37. The summed E-state index contributed by atoms with van der Waals surface area (Å²) in [4.78, 5) is 16.3. The van der Waals surface area contributed by atoms with Gasteiger partial charge in [0.15, 0.2) is 0 Å². The summed E-state index contributed by atoms with van der Waals surface area (Å²) in [5.74, 6) is -1.25. The van der Waals surface area contributed by atoms with Crippen molar-refractivity contribution in [1.82, 2.24) is 4.98 Å². The Morgan fingerprint density at radius 2 is 2.41 bits per heavy atom. The van der Waals surface area contributed by atoms with Gasteiger partial charge in [-0.05, 0) is 18.6 Å². The maximum Gasteiger partial charge on any atom is 0.338 e. The molecule has 1 aliphatic heterocycles. The zero-order chi connectivity index (χ0) is 16.1. The maximum absolute atomic E-state index is 12.3. The summed E-state index contributed by atoms with van der Waals surface area (Å²) < 4.78 is 10.4. The van der Waals surface area contributed by atoms with E-state index in [1.54, 1.807) is 31.5 Å². The Kier molecular flexibility index (Phi) is 5.02. The van der Waals surface area contributed by atoms with Crippen LogP contribution in [0.15, 0.2) is 47.3 Å². The van der Waals surface area contributed by atoms with Gasteiger partial charge in [-0.15, -0.1) is 11.6 Å². The number of esters is 1. The molecule has 0 aliphatic carbocycles. The van der Waals surface area contributed by atoms with Gasteiger partial charge in [0.1, 0.15) is 17.4 Å². The van der Waals surface area contributed by atoms with Gasteiger partial charge in [0, 0.05) is 12.4 Å². The highest BCUT2D eigenvalue weighted by Crippen LogP contribution is 2.39. The van der Waals surface area contributed by atoms with Crippen molar-refractivity contribution in [3.63, 3.8) is 0 Å². The molecule has 0 radical (unpaired) electrons. The minimum absolute atomic E-state index is 0.0652. The maximum atomic E-state index is 12.3. The van der Waals surface area contributed by atoms with Crippen LogP contribution in [0.4, 0.5) is 0 Å². The van der Waals surface area contributed by atoms with E-state index in [9.17, 15) is 10.1 Å². The lowest BCUT2D eigenvalue weighted by molar-refractivity contribution is -0.139. The highest BCUT2D eigenvalue weighted by molar-refractivity contribution is 6.19. The third-order valence-electron chi connectivity index (χ3n) is 3.13. The fraction of sp³-hybridized carbons (Fsp3) is 0.267. The number of ether oxygens (including phenoxy) is 2. The summed E-state index contributed by atoms with van der Waals surface area (Å²) in [6, 6.07) is 5.45. The van der Waals surface area contributed by atoms with Gasteiger partial charge in [0.25, 0.3) is 0 Å². The molecule has 7 heteroatoms. The van der Waals surface area contributed by atoms with Gasteiger partial charge in [-0.2, -0.15) is 5.26 Å². The molecular formula is C15H14ClN3O3. The smallest absolute Gasteiger partial charge is 0.338 e. The lowest BCUT2D eigenvalue weighted by atomic mass is 9.84. The van der Waals surface area contributed by atoms with Crippen molar-refractivity contribution in [1.29, 1.82) is 5.26 Å². The molecule has 0 bridgehead atoms. The second-order valence-corrected chi connectivity index (χ2v) is 4.67. The van der Waals surface area contributed by atoms with Crippen LogP contribution < -0.4 is 5.73 Å². The summed E-state index contributed by atoms with van der Waals surface area (Å²) in [5, 5.41) is 9.39. The van der Waals surface area contributed by atoms with Crippen LogP contribution in [0.1, 0.15) is 18.4 Å². The van der Waals surface area contributed by atoms with Gasteiger partial charge >= 0.3 is 5.97 Å². The predicted molar refractivity (Wildman–Crippen MR) is 79.3 cm³/mol. The number of rotatable bonds is 4. The van der Waals surface area contributed by atoms with Crippen LogP contribution in [-0.4, -0.2) is 23.4 Å². The minimum Gasteiger partial charge on any atom is -0.463 e. The van der Waals surface area contributed by atoms with Crippen molar-refractivity contribution in [2.45, 2.75) is 12.8 Å². The largest absolute Gasteiger partial charge is 0.463 e. The highest BCUT2D eigenvalue weighted by Gasteiger charge is 2.37. The highest BCUT2D eigenvalue weighted by atomic mass is 35.5. The van der Waals surface area contributed by atoms with Gasteiger partial charge < -0.3 is 15.2 Å². The standard InChI is InChI=1S/C15H14ClN3O3/c1-2-21-15(20)13-11(6-16)22-14(18)10(7-17)12(13)9-4-3-5-19-8-9/h3-5,8,12H,2,6,18H2,1H3. The van der Waals surface area contributed by atoms with E-state index in [4.69, 9.17) is 26.8 Å². The zero-order valence-electron chi connectivity index (χ0n) is 11.9. The molecule has 0 fully saturated rings. The fourth-order valence-electron chi connectivity index (χ4n) is 2.23. The predicted octanol–water partition coefficient (Wildman–Crippen LogP) is 1.95. The average molecular weight is 320 g/mol. The van der Waals surface area contributed by atoms with Crippen LogP contribution in [0.25, 0.3) is 0 Å². The number of pyridine rings is 1. The van der Waals surface area contributed by atoms with E-state index in [-0.39, 0.29) is 35.3 Å². The first kappa shape index (κ1) is 15.9. The average Bonchev–Trinajstić information content (AvgIpc) is 2.54. The Labute approximate surface area is 132 Å². The SMILES string of the molecule is CCOC(=O)C1=C(CCl)OC(N)=C(C#N)C1c1cccnc1. The second kappa shape index (κ2) is 6.96. The van der Waals surface area contributed by atoms with E-state index >= 15 is 0 Å². The van der Waals surface area contributed by atoms with Crippen LogP contribution in [0.5, 0.6) is 0 Å². The Bertz CT molecular complexity index is 677. The minimum atomic E-state index is -0.708. The first-order chi connectivity index (χ1) is 10.6. The molecule has 0 aromatic carbocycles. The van der Waals surface area contributed by atoms with Gasteiger partial charge in [0.2, 0.25) is 5.88 Å². The summed E-state index contributed by atoms with van der Waals surface area (Å²) in [6.07, 6.45) is 3.16. The molecule has 6 nitrogen and oxygen atoms in total. The number of nitrogens with two attached hydrogens (primary N) is 1. The first-order valence-electron chi connectivity index (χ1n) is 6.57. The van der Waals surface area contributed by atoms with E-state index in [0.29, 0.717) is 5.56 Å². The topological polar surface area (TPSA) is 98.2 Å². The molecule has 2 rings (SSSR count). The van der Waals surface area contributed by atoms with E-state index in [0.717, 1.165) is 0 Å². The molecule has 114 valence electrons. The van der Waals surface area contributed by atoms with E-state index in [1.807, 2.05) is 6.07 Å². The van der Waals surface area contributed by atoms with Crippen LogP contribution in [0.3, 0.4) is 0 Å². The molecule has 2 heterocycles. The van der Waals surface area contributed by atoms with Crippen LogP contribution in [0.2, 0.25) is 0 Å². The number of hydrogen-bond donors (Lipinski definition) is 1. The number of alkyl halides is 1. The number of aromatic nitrogens is 1. The normalized spacial score (nSPS) is 17.8. The third kappa shape index (κ3) is 2.90. The van der Waals surface area contributed by atoms with Crippen molar-refractivity contribution in [2.24, 2.45) is 5.73 Å². The lowest BCUT2D eigenvalue weighted by Crippen LogP contribution is -2.26. The lowest BCUT2D eigenvalue weighted by Gasteiger charge is -2.27. The second-order valence-electron chi connectivity index (χ2n) is 4.40. The number of carbonyl (C=O) groups is 1. The van der Waals surface area contributed by atoms with E-state index in [1.165, 1.54) is 0 Å². The van der Waals surface area contributed by atoms with Gasteiger partial charge in [-0.1, -0.05) is 6.07 Å². The molecule has 1 aromatic rings. The first-order valence-corrected chi connectivity index (χ1v) is 7.11. The Balaban J connectivity index is 2.62. The molecule has 0 saturated carbocycles. The fourth-order valence-corrected chi connectivity index (χ4v) is 2.43. The van der Waals surface area contributed by atoms with Crippen molar-refractivity contribution in [3.8, 4) is 6.07 Å². The molecule has 1 atom stereocenters. The number of allylic oxidation sites excluding steroid dienone is 2. The summed E-state index contributed by atoms with van der Waals surface area (Å²) in [6.45, 7) is 1.88. The van der Waals surface area contributed by atoms with Gasteiger partial charge in [-0.25, -0.2) is 4.79 Å². The summed E-state index contributed by atoms with van der Waals surface area (Å²) >= 11 is 5.86.